The number of carbonyl (C=O) groups excluding carboxylic acids is 1. The van der Waals surface area contributed by atoms with Crippen molar-refractivity contribution >= 4 is 23.3 Å². The summed E-state index contributed by atoms with van der Waals surface area (Å²) in [5, 5.41) is 20.2. The topological polar surface area (TPSA) is 98.1 Å². The number of rotatable bonds is 6. The van der Waals surface area contributed by atoms with Crippen molar-refractivity contribution in [2.24, 2.45) is 0 Å². The number of ether oxygens (including phenoxy) is 1. The zero-order valence-electron chi connectivity index (χ0n) is 19.0. The number of carbonyl (C=O) groups is 1. The maximum Gasteiger partial charge on any atom is 0.272 e. The molecule has 1 saturated heterocycles. The molecule has 33 heavy (non-hydrogen) atoms. The summed E-state index contributed by atoms with van der Waals surface area (Å²) in [6, 6.07) is 9.26. The van der Waals surface area contributed by atoms with E-state index in [2.05, 4.69) is 30.7 Å². The van der Waals surface area contributed by atoms with Gasteiger partial charge in [0.25, 0.3) is 5.91 Å². The molecule has 9 nitrogen and oxygen atoms in total. The summed E-state index contributed by atoms with van der Waals surface area (Å²) < 4.78 is 7.38. The highest BCUT2D eigenvalue weighted by Gasteiger charge is 2.28. The van der Waals surface area contributed by atoms with Crippen LogP contribution in [0.4, 0.5) is 5.82 Å². The molecule has 0 aliphatic carbocycles. The molecule has 1 aliphatic rings. The molecule has 1 unspecified atom stereocenters. The minimum atomic E-state index is -0.700. The average molecular weight is 470 g/mol. The third kappa shape index (κ3) is 5.24. The fraction of sp³-hybridized carbons (Fsp3) is 0.435. The molecule has 0 saturated carbocycles. The van der Waals surface area contributed by atoms with E-state index in [0.717, 1.165) is 43.7 Å². The Labute approximate surface area is 198 Å². The Kier molecular flexibility index (Phi) is 6.78. The number of aromatic nitrogens is 5. The van der Waals surface area contributed by atoms with E-state index >= 15 is 0 Å². The largest absolute Gasteiger partial charge is 0.496 e. The molecular formula is C23H28ClN7O2. The van der Waals surface area contributed by atoms with Gasteiger partial charge in [-0.05, 0) is 57.4 Å². The van der Waals surface area contributed by atoms with E-state index < -0.39 is 5.54 Å². The molecule has 10 heteroatoms. The molecule has 3 aromatic rings. The molecule has 1 amide bonds. The number of hydrogen-bond donors (Lipinski definition) is 1. The van der Waals surface area contributed by atoms with Gasteiger partial charge in [-0.25, -0.2) is 4.68 Å². The fourth-order valence-electron chi connectivity index (χ4n) is 4.20. The smallest absolute Gasteiger partial charge is 0.272 e. The number of hydrogen-bond acceptors (Lipinski definition) is 7. The van der Waals surface area contributed by atoms with E-state index in [9.17, 15) is 4.79 Å². The van der Waals surface area contributed by atoms with Crippen molar-refractivity contribution in [1.29, 1.82) is 0 Å². The minimum Gasteiger partial charge on any atom is -0.496 e. The van der Waals surface area contributed by atoms with E-state index in [1.165, 1.54) is 0 Å². The highest BCUT2D eigenvalue weighted by molar-refractivity contribution is 6.30. The molecule has 1 fully saturated rings. The number of methoxy groups -OCH3 is 1. The summed E-state index contributed by atoms with van der Waals surface area (Å²) in [5.74, 6) is 1.07. The van der Waals surface area contributed by atoms with Crippen molar-refractivity contribution in [3.8, 4) is 5.75 Å². The van der Waals surface area contributed by atoms with Gasteiger partial charge in [-0.2, -0.15) is 0 Å². The van der Waals surface area contributed by atoms with Crippen LogP contribution in [0.1, 0.15) is 55.2 Å². The molecular weight excluding hydrogens is 442 g/mol. The van der Waals surface area contributed by atoms with Gasteiger partial charge in [0.2, 0.25) is 0 Å². The van der Waals surface area contributed by atoms with Gasteiger partial charge in [0.15, 0.2) is 11.5 Å². The van der Waals surface area contributed by atoms with Crippen molar-refractivity contribution in [2.45, 2.75) is 44.7 Å². The van der Waals surface area contributed by atoms with Crippen LogP contribution in [0.2, 0.25) is 5.02 Å². The summed E-state index contributed by atoms with van der Waals surface area (Å²) >= 11 is 6.07. The lowest BCUT2D eigenvalue weighted by molar-refractivity contribution is 0.0905. The SMILES string of the molecule is COc1cc(Cl)ccc1C(C)(C)NC(=O)c1ccc(N2CCCC(n3ccnn3)CC2)nn1. The van der Waals surface area contributed by atoms with Crippen molar-refractivity contribution in [3.63, 3.8) is 0 Å². The maximum atomic E-state index is 12.9. The second kappa shape index (κ2) is 9.74. The first kappa shape index (κ1) is 23.0. The molecule has 1 N–H and O–H groups in total. The van der Waals surface area contributed by atoms with E-state index in [1.807, 2.05) is 36.9 Å². The number of nitrogens with one attached hydrogen (secondary N) is 1. The second-order valence-electron chi connectivity index (χ2n) is 8.66. The lowest BCUT2D eigenvalue weighted by atomic mass is 9.93. The monoisotopic (exact) mass is 469 g/mol. The summed E-state index contributed by atoms with van der Waals surface area (Å²) in [6.07, 6.45) is 6.63. The van der Waals surface area contributed by atoms with Crippen molar-refractivity contribution < 1.29 is 9.53 Å². The minimum absolute atomic E-state index is 0.259. The first-order chi connectivity index (χ1) is 15.9. The van der Waals surface area contributed by atoms with Crippen LogP contribution in [-0.4, -0.2) is 51.3 Å². The van der Waals surface area contributed by atoms with Gasteiger partial charge in [0, 0.05) is 29.9 Å². The van der Waals surface area contributed by atoms with Gasteiger partial charge in [-0.15, -0.1) is 15.3 Å². The van der Waals surface area contributed by atoms with Crippen LogP contribution in [0.15, 0.2) is 42.7 Å². The first-order valence-corrected chi connectivity index (χ1v) is 11.4. The normalized spacial score (nSPS) is 16.8. The van der Waals surface area contributed by atoms with E-state index in [0.29, 0.717) is 16.8 Å². The van der Waals surface area contributed by atoms with Crippen molar-refractivity contribution in [1.82, 2.24) is 30.5 Å². The molecule has 0 spiro atoms. The maximum absolute atomic E-state index is 12.9. The van der Waals surface area contributed by atoms with Crippen LogP contribution in [0, 0.1) is 0 Å². The van der Waals surface area contributed by atoms with Crippen LogP contribution >= 0.6 is 11.6 Å². The molecule has 1 aromatic carbocycles. The summed E-state index contributed by atoms with van der Waals surface area (Å²) in [5.41, 5.74) is 0.378. The molecule has 0 bridgehead atoms. The Bertz CT molecular complexity index is 1090. The van der Waals surface area contributed by atoms with Gasteiger partial charge in [0.05, 0.1) is 24.9 Å². The average Bonchev–Trinajstić information content (AvgIpc) is 3.23. The third-order valence-corrected chi connectivity index (χ3v) is 6.22. The summed E-state index contributed by atoms with van der Waals surface area (Å²) in [4.78, 5) is 15.1. The Morgan fingerprint density at radius 3 is 2.73 bits per heavy atom. The van der Waals surface area contributed by atoms with Crippen LogP contribution in [0.3, 0.4) is 0 Å². The first-order valence-electron chi connectivity index (χ1n) is 11.0. The number of amides is 1. The Morgan fingerprint density at radius 2 is 2.03 bits per heavy atom. The van der Waals surface area contributed by atoms with Crippen molar-refractivity contribution in [2.75, 3.05) is 25.1 Å². The molecule has 174 valence electrons. The Hall–Kier alpha value is -3.20. The lowest BCUT2D eigenvalue weighted by Crippen LogP contribution is -2.41. The molecule has 1 atom stereocenters. The standard InChI is InChI=1S/C23H28ClN7O2/c1-23(2,18-7-6-16(24)15-20(18)33-3)26-22(32)19-8-9-21(28-27-19)30-12-4-5-17(10-13-30)31-14-11-25-29-31/h6-9,11,14-15,17H,4-5,10,12-13H2,1-3H3,(H,26,32). The third-order valence-electron chi connectivity index (χ3n) is 5.98. The molecule has 0 radical (unpaired) electrons. The number of halogens is 1. The van der Waals surface area contributed by atoms with Crippen molar-refractivity contribution in [3.05, 3.63) is 59.0 Å². The molecule has 1 aliphatic heterocycles. The van der Waals surface area contributed by atoms with Gasteiger partial charge in [-0.1, -0.05) is 22.9 Å². The van der Waals surface area contributed by atoms with E-state index in [4.69, 9.17) is 16.3 Å². The number of nitrogens with zero attached hydrogens (tertiary/aromatic N) is 6. The van der Waals surface area contributed by atoms with E-state index in [-0.39, 0.29) is 11.6 Å². The van der Waals surface area contributed by atoms with Gasteiger partial charge < -0.3 is 15.0 Å². The van der Waals surface area contributed by atoms with Gasteiger partial charge in [0.1, 0.15) is 5.75 Å². The highest BCUT2D eigenvalue weighted by atomic mass is 35.5. The summed E-state index contributed by atoms with van der Waals surface area (Å²) in [7, 11) is 1.58. The van der Waals surface area contributed by atoms with Crippen LogP contribution in [-0.2, 0) is 5.54 Å². The zero-order valence-corrected chi connectivity index (χ0v) is 19.8. The van der Waals surface area contributed by atoms with E-state index in [1.54, 1.807) is 31.5 Å². The number of benzene rings is 1. The van der Waals surface area contributed by atoms with Gasteiger partial charge >= 0.3 is 0 Å². The predicted octanol–water partition coefficient (Wildman–Crippen LogP) is 3.63. The Morgan fingerprint density at radius 1 is 1.18 bits per heavy atom. The predicted molar refractivity (Wildman–Crippen MR) is 126 cm³/mol. The van der Waals surface area contributed by atoms with Gasteiger partial charge in [-0.3, -0.25) is 4.79 Å². The molecule has 4 rings (SSSR count). The zero-order chi connectivity index (χ0) is 23.4. The summed E-state index contributed by atoms with van der Waals surface area (Å²) in [6.45, 7) is 5.53. The fourth-order valence-corrected chi connectivity index (χ4v) is 4.36. The molecule has 2 aromatic heterocycles. The molecule has 3 heterocycles. The Balaban J connectivity index is 1.42. The van der Waals surface area contributed by atoms with Crippen LogP contribution in [0.5, 0.6) is 5.75 Å². The number of anilines is 1. The quantitative estimate of drug-likeness (QED) is 0.588. The second-order valence-corrected chi connectivity index (χ2v) is 9.09. The highest BCUT2D eigenvalue weighted by Crippen LogP contribution is 2.32. The van der Waals surface area contributed by atoms with Crippen LogP contribution < -0.4 is 15.0 Å². The lowest BCUT2D eigenvalue weighted by Gasteiger charge is -2.28. The van der Waals surface area contributed by atoms with Crippen LogP contribution in [0.25, 0.3) is 0 Å².